The van der Waals surface area contributed by atoms with Crippen LogP contribution in [0.25, 0.3) is 0 Å². The van der Waals surface area contributed by atoms with E-state index in [1.165, 1.54) is 0 Å². The molecule has 0 fully saturated rings. The van der Waals surface area contributed by atoms with Crippen molar-refractivity contribution in [2.24, 2.45) is 0 Å². The quantitative estimate of drug-likeness (QED) is 0.747. The predicted octanol–water partition coefficient (Wildman–Crippen LogP) is -0.0605. The van der Waals surface area contributed by atoms with E-state index < -0.39 is 0 Å². The average molecular weight is 223 g/mol. The molecule has 1 heterocycles. The molecule has 0 atom stereocenters. The van der Waals surface area contributed by atoms with E-state index in [0.29, 0.717) is 24.6 Å². The maximum Gasteiger partial charge on any atom is 0.221 e. The summed E-state index contributed by atoms with van der Waals surface area (Å²) >= 11 is 0. The molecule has 0 bridgehead atoms. The zero-order chi connectivity index (χ0) is 12.1. The number of hydrogen-bond acceptors (Lipinski definition) is 5. The Morgan fingerprint density at radius 1 is 1.56 bits per heavy atom. The van der Waals surface area contributed by atoms with Crippen LogP contribution in [-0.4, -0.2) is 36.5 Å². The topological polar surface area (TPSA) is 84.1 Å². The van der Waals surface area contributed by atoms with E-state index in [-0.39, 0.29) is 5.91 Å². The van der Waals surface area contributed by atoms with Gasteiger partial charge in [0.2, 0.25) is 5.91 Å². The van der Waals surface area contributed by atoms with E-state index in [0.717, 1.165) is 5.82 Å². The average Bonchev–Trinajstić information content (AvgIpc) is 2.23. The van der Waals surface area contributed by atoms with Crippen LogP contribution in [0, 0.1) is 6.92 Å². The van der Waals surface area contributed by atoms with Crippen LogP contribution in [0.15, 0.2) is 6.07 Å². The minimum atomic E-state index is 0.00519. The molecule has 0 aliphatic heterocycles. The molecule has 16 heavy (non-hydrogen) atoms. The number of nitrogen functional groups attached to an aromatic ring is 1. The van der Waals surface area contributed by atoms with Crippen molar-refractivity contribution in [3.05, 3.63) is 11.9 Å². The lowest BCUT2D eigenvalue weighted by molar-refractivity contribution is -0.120. The maximum atomic E-state index is 11.1. The molecule has 6 heteroatoms. The van der Waals surface area contributed by atoms with Crippen LogP contribution >= 0.6 is 0 Å². The minimum Gasteiger partial charge on any atom is -0.384 e. The lowest BCUT2D eigenvalue weighted by Crippen LogP contribution is -2.27. The van der Waals surface area contributed by atoms with E-state index in [1.54, 1.807) is 20.0 Å². The highest BCUT2D eigenvalue weighted by atomic mass is 16.1. The molecular weight excluding hydrogens is 206 g/mol. The van der Waals surface area contributed by atoms with Crippen LogP contribution in [-0.2, 0) is 4.79 Å². The number of anilines is 2. The van der Waals surface area contributed by atoms with Crippen molar-refractivity contribution in [3.8, 4) is 0 Å². The molecule has 0 aromatic carbocycles. The Hall–Kier alpha value is -1.85. The number of nitrogens with one attached hydrogen (secondary N) is 1. The highest BCUT2D eigenvalue weighted by Gasteiger charge is 2.07. The molecule has 88 valence electrons. The largest absolute Gasteiger partial charge is 0.384 e. The van der Waals surface area contributed by atoms with Gasteiger partial charge in [0.05, 0.1) is 0 Å². The Balaban J connectivity index is 2.65. The molecule has 0 saturated heterocycles. The molecule has 0 radical (unpaired) electrons. The molecule has 1 aromatic heterocycles. The SMILES string of the molecule is CNC(=O)CCN(C)c1cc(N)nc(C)n1. The normalized spacial score (nSPS) is 9.94. The number of nitrogens with two attached hydrogens (primary N) is 1. The number of aromatic nitrogens is 2. The Morgan fingerprint density at radius 3 is 2.81 bits per heavy atom. The zero-order valence-electron chi connectivity index (χ0n) is 9.82. The van der Waals surface area contributed by atoms with Gasteiger partial charge in [0.25, 0.3) is 0 Å². The summed E-state index contributed by atoms with van der Waals surface area (Å²) in [5.41, 5.74) is 5.62. The van der Waals surface area contributed by atoms with Crippen molar-refractivity contribution < 1.29 is 4.79 Å². The molecule has 0 saturated carbocycles. The fourth-order valence-corrected chi connectivity index (χ4v) is 1.28. The predicted molar refractivity (Wildman–Crippen MR) is 63.1 cm³/mol. The Morgan fingerprint density at radius 2 is 2.25 bits per heavy atom. The van der Waals surface area contributed by atoms with E-state index in [1.807, 2.05) is 11.9 Å². The third-order valence-corrected chi connectivity index (χ3v) is 2.19. The van der Waals surface area contributed by atoms with Crippen molar-refractivity contribution in [2.45, 2.75) is 13.3 Å². The summed E-state index contributed by atoms with van der Waals surface area (Å²) in [6.45, 7) is 2.38. The summed E-state index contributed by atoms with van der Waals surface area (Å²) in [5, 5.41) is 2.57. The second-order valence-electron chi connectivity index (χ2n) is 3.54. The van der Waals surface area contributed by atoms with E-state index in [9.17, 15) is 4.79 Å². The highest BCUT2D eigenvalue weighted by Crippen LogP contribution is 2.12. The first-order valence-corrected chi connectivity index (χ1v) is 5.06. The van der Waals surface area contributed by atoms with Crippen molar-refractivity contribution >= 4 is 17.5 Å². The Bertz CT molecular complexity index is 359. The maximum absolute atomic E-state index is 11.1. The summed E-state index contributed by atoms with van der Waals surface area (Å²) in [5.74, 6) is 1.80. The van der Waals surface area contributed by atoms with Gasteiger partial charge in [-0.05, 0) is 6.92 Å². The monoisotopic (exact) mass is 223 g/mol. The van der Waals surface area contributed by atoms with Crippen LogP contribution < -0.4 is 16.0 Å². The van der Waals surface area contributed by atoms with Crippen LogP contribution in [0.5, 0.6) is 0 Å². The van der Waals surface area contributed by atoms with Gasteiger partial charge in [0, 0.05) is 33.1 Å². The molecular formula is C10H17N5O. The number of amides is 1. The summed E-state index contributed by atoms with van der Waals surface area (Å²) in [4.78, 5) is 21.2. The summed E-state index contributed by atoms with van der Waals surface area (Å²) in [6, 6.07) is 1.69. The number of hydrogen-bond donors (Lipinski definition) is 2. The Kier molecular flexibility index (Phi) is 4.04. The van der Waals surface area contributed by atoms with Crippen molar-refractivity contribution in [1.82, 2.24) is 15.3 Å². The summed E-state index contributed by atoms with van der Waals surface area (Å²) < 4.78 is 0. The van der Waals surface area contributed by atoms with Crippen LogP contribution in [0.3, 0.4) is 0 Å². The third kappa shape index (κ3) is 3.38. The second-order valence-corrected chi connectivity index (χ2v) is 3.54. The van der Waals surface area contributed by atoms with Gasteiger partial charge in [-0.15, -0.1) is 0 Å². The summed E-state index contributed by atoms with van der Waals surface area (Å²) in [6.07, 6.45) is 0.427. The lowest BCUT2D eigenvalue weighted by atomic mass is 10.3. The zero-order valence-corrected chi connectivity index (χ0v) is 9.82. The fourth-order valence-electron chi connectivity index (χ4n) is 1.28. The first-order chi connectivity index (χ1) is 7.52. The van der Waals surface area contributed by atoms with Gasteiger partial charge in [-0.3, -0.25) is 4.79 Å². The molecule has 0 aliphatic carbocycles. The molecule has 6 nitrogen and oxygen atoms in total. The van der Waals surface area contributed by atoms with Gasteiger partial charge >= 0.3 is 0 Å². The molecule has 1 amide bonds. The van der Waals surface area contributed by atoms with Gasteiger partial charge in [0.1, 0.15) is 17.5 Å². The third-order valence-electron chi connectivity index (χ3n) is 2.19. The van der Waals surface area contributed by atoms with Gasteiger partial charge < -0.3 is 16.0 Å². The molecule has 0 aliphatic rings. The number of aryl methyl sites for hydroxylation is 1. The second kappa shape index (κ2) is 5.29. The van der Waals surface area contributed by atoms with E-state index in [2.05, 4.69) is 15.3 Å². The first-order valence-electron chi connectivity index (χ1n) is 5.06. The van der Waals surface area contributed by atoms with Crippen molar-refractivity contribution in [3.63, 3.8) is 0 Å². The molecule has 3 N–H and O–H groups in total. The fraction of sp³-hybridized carbons (Fsp3) is 0.500. The number of carbonyl (C=O) groups is 1. The highest BCUT2D eigenvalue weighted by molar-refractivity contribution is 5.76. The van der Waals surface area contributed by atoms with Crippen LogP contribution in [0.4, 0.5) is 11.6 Å². The van der Waals surface area contributed by atoms with Gasteiger partial charge in [-0.25, -0.2) is 9.97 Å². The van der Waals surface area contributed by atoms with Crippen LogP contribution in [0.1, 0.15) is 12.2 Å². The van der Waals surface area contributed by atoms with Crippen LogP contribution in [0.2, 0.25) is 0 Å². The minimum absolute atomic E-state index is 0.00519. The molecule has 0 unspecified atom stereocenters. The lowest BCUT2D eigenvalue weighted by Gasteiger charge is -2.18. The summed E-state index contributed by atoms with van der Waals surface area (Å²) in [7, 11) is 3.49. The molecule has 1 rings (SSSR count). The number of rotatable bonds is 4. The number of carbonyl (C=O) groups excluding carboxylic acids is 1. The van der Waals surface area contributed by atoms with E-state index in [4.69, 9.17) is 5.73 Å². The van der Waals surface area contributed by atoms with Crippen molar-refractivity contribution in [1.29, 1.82) is 0 Å². The Labute approximate surface area is 94.9 Å². The van der Waals surface area contributed by atoms with Gasteiger partial charge in [0.15, 0.2) is 0 Å². The molecule has 1 aromatic rings. The van der Waals surface area contributed by atoms with Gasteiger partial charge in [-0.1, -0.05) is 0 Å². The number of nitrogens with zero attached hydrogens (tertiary/aromatic N) is 3. The molecule has 0 spiro atoms. The van der Waals surface area contributed by atoms with Gasteiger partial charge in [-0.2, -0.15) is 0 Å². The smallest absolute Gasteiger partial charge is 0.221 e. The van der Waals surface area contributed by atoms with E-state index >= 15 is 0 Å². The standard InChI is InChI=1S/C10H17N5O/c1-7-13-8(11)6-9(14-7)15(3)5-4-10(16)12-2/h6H,4-5H2,1-3H3,(H,12,16)(H2,11,13,14). The van der Waals surface area contributed by atoms with Crippen molar-refractivity contribution in [2.75, 3.05) is 31.3 Å². The first kappa shape index (κ1) is 12.2.